The largest absolute Gasteiger partial charge is 0.464 e. The van der Waals surface area contributed by atoms with E-state index in [1.807, 2.05) is 0 Å². The Morgan fingerprint density at radius 1 is 1.15 bits per heavy atom. The number of rotatable bonds is 6. The third-order valence-electron chi connectivity index (χ3n) is 4.51. The van der Waals surface area contributed by atoms with Gasteiger partial charge in [0.25, 0.3) is 17.7 Å². The van der Waals surface area contributed by atoms with E-state index in [0.717, 1.165) is 17.0 Å². The number of carbonyl (C=O) groups is 3. The van der Waals surface area contributed by atoms with Gasteiger partial charge in [-0.1, -0.05) is 0 Å². The molecule has 0 aliphatic carbocycles. The van der Waals surface area contributed by atoms with E-state index in [2.05, 4.69) is 9.69 Å². The third-order valence-corrected chi connectivity index (χ3v) is 5.37. The van der Waals surface area contributed by atoms with Gasteiger partial charge in [0.1, 0.15) is 22.2 Å². The molecule has 0 radical (unpaired) electrons. The van der Waals surface area contributed by atoms with Crippen molar-refractivity contribution in [2.24, 2.45) is 5.73 Å². The number of carbonyl (C=O) groups excluding carboxylic acids is 3. The number of benzene rings is 1. The minimum atomic E-state index is -1.27. The second-order valence-electron chi connectivity index (χ2n) is 8.38. The number of halogens is 1. The lowest BCUT2D eigenvalue weighted by Crippen LogP contribution is -2.49. The number of nitrogens with one attached hydrogen (secondary N) is 1. The van der Waals surface area contributed by atoms with Gasteiger partial charge in [-0.3, -0.25) is 19.3 Å². The number of amides is 3. The van der Waals surface area contributed by atoms with E-state index in [1.165, 1.54) is 12.1 Å². The second-order valence-corrected chi connectivity index (χ2v) is 9.15. The Morgan fingerprint density at radius 3 is 2.27 bits per heavy atom. The van der Waals surface area contributed by atoms with Crippen LogP contribution in [-0.2, 0) is 4.79 Å². The van der Waals surface area contributed by atoms with Gasteiger partial charge in [0, 0.05) is 11.2 Å². The molecule has 11 heteroatoms. The lowest BCUT2D eigenvalue weighted by molar-refractivity contribution is -0.124. The molecule has 3 aromatic rings. The lowest BCUT2D eigenvalue weighted by Gasteiger charge is -2.32. The summed E-state index contributed by atoms with van der Waals surface area (Å²) in [5.41, 5.74) is 10.4. The van der Waals surface area contributed by atoms with E-state index < -0.39 is 35.1 Å². The zero-order valence-corrected chi connectivity index (χ0v) is 19.3. The summed E-state index contributed by atoms with van der Waals surface area (Å²) in [6.07, 6.45) is 0. The molecule has 9 nitrogen and oxygen atoms in total. The Morgan fingerprint density at radius 2 is 1.79 bits per heavy atom. The van der Waals surface area contributed by atoms with Crippen LogP contribution in [0.25, 0.3) is 0 Å². The smallest absolute Gasteiger partial charge is 0.273 e. The normalized spacial score (nSPS) is 12.3. The zero-order valence-electron chi connectivity index (χ0n) is 18.5. The van der Waals surface area contributed by atoms with Crippen LogP contribution < -0.4 is 21.7 Å². The van der Waals surface area contributed by atoms with Gasteiger partial charge in [0.2, 0.25) is 0 Å². The summed E-state index contributed by atoms with van der Waals surface area (Å²) < 4.78 is 23.3. The van der Waals surface area contributed by atoms with Crippen molar-refractivity contribution in [1.29, 1.82) is 0 Å². The van der Waals surface area contributed by atoms with E-state index in [4.69, 9.17) is 15.9 Å². The van der Waals surface area contributed by atoms with Crippen LogP contribution in [0, 0.1) is 12.7 Å². The molecule has 3 amide bonds. The lowest BCUT2D eigenvalue weighted by atomic mass is 10.1. The van der Waals surface area contributed by atoms with Crippen molar-refractivity contribution in [2.45, 2.75) is 39.3 Å². The van der Waals surface area contributed by atoms with Crippen LogP contribution >= 0.6 is 11.5 Å². The van der Waals surface area contributed by atoms with Gasteiger partial charge in [-0.15, -0.1) is 0 Å². The third kappa shape index (κ3) is 5.20. The first-order chi connectivity index (χ1) is 15.4. The standard InChI is InChI=1S/C22H24FN5O4S/c1-11-5-10-14(32-11)17(20(30)26-22(2,3)4)28(13-8-6-12(23)7-9-13)21(31)18-15(24)16(19(25)29)27-33-18/h5-10,17H,24H2,1-4H3,(H2,25,29)(H,26,30). The molecule has 0 saturated heterocycles. The number of hydrogen-bond acceptors (Lipinski definition) is 7. The summed E-state index contributed by atoms with van der Waals surface area (Å²) in [7, 11) is 0. The minimum Gasteiger partial charge on any atom is -0.464 e. The number of nitrogens with zero attached hydrogens (tertiary/aromatic N) is 2. The molecule has 0 bridgehead atoms. The fourth-order valence-corrected chi connectivity index (χ4v) is 3.88. The van der Waals surface area contributed by atoms with E-state index in [9.17, 15) is 18.8 Å². The summed E-state index contributed by atoms with van der Waals surface area (Å²) >= 11 is 0.678. The number of furan rings is 1. The van der Waals surface area contributed by atoms with Crippen LogP contribution in [0.5, 0.6) is 0 Å². The monoisotopic (exact) mass is 473 g/mol. The summed E-state index contributed by atoms with van der Waals surface area (Å²) in [5, 5.41) is 2.85. The molecule has 1 unspecified atom stereocenters. The molecule has 1 aromatic carbocycles. The summed E-state index contributed by atoms with van der Waals surface area (Å²) in [6.45, 7) is 7.08. The van der Waals surface area contributed by atoms with Crippen LogP contribution in [0.2, 0.25) is 0 Å². The predicted octanol–water partition coefficient (Wildman–Crippen LogP) is 3.17. The second kappa shape index (κ2) is 9.02. The van der Waals surface area contributed by atoms with Crippen molar-refractivity contribution in [3.05, 3.63) is 64.3 Å². The molecule has 2 aromatic heterocycles. The quantitative estimate of drug-likeness (QED) is 0.501. The fraction of sp³-hybridized carbons (Fsp3) is 0.273. The number of anilines is 2. The maximum atomic E-state index is 13.7. The van der Waals surface area contributed by atoms with Crippen LogP contribution in [0.3, 0.4) is 0 Å². The fourth-order valence-electron chi connectivity index (χ4n) is 3.14. The average Bonchev–Trinajstić information content (AvgIpc) is 3.30. The highest BCUT2D eigenvalue weighted by molar-refractivity contribution is 7.09. The Bertz CT molecular complexity index is 1200. The molecular weight excluding hydrogens is 449 g/mol. The molecular formula is C22H24FN5O4S. The molecule has 0 saturated carbocycles. The minimum absolute atomic E-state index is 0.0926. The van der Waals surface area contributed by atoms with Crippen LogP contribution in [0.1, 0.15) is 58.5 Å². The summed E-state index contributed by atoms with van der Waals surface area (Å²) in [4.78, 5) is 39.8. The van der Waals surface area contributed by atoms with Gasteiger partial charge >= 0.3 is 0 Å². The van der Waals surface area contributed by atoms with Gasteiger partial charge in [0.15, 0.2) is 11.7 Å². The first kappa shape index (κ1) is 23.9. The van der Waals surface area contributed by atoms with E-state index in [1.54, 1.807) is 39.8 Å². The van der Waals surface area contributed by atoms with Gasteiger partial charge in [-0.05, 0) is 75.6 Å². The predicted molar refractivity (Wildman–Crippen MR) is 122 cm³/mol. The Balaban J connectivity index is 2.20. The highest BCUT2D eigenvalue weighted by atomic mass is 32.1. The van der Waals surface area contributed by atoms with Gasteiger partial charge in [-0.25, -0.2) is 4.39 Å². The summed E-state index contributed by atoms with van der Waals surface area (Å²) in [6, 6.07) is 7.00. The van der Waals surface area contributed by atoms with Crippen LogP contribution in [0.4, 0.5) is 15.8 Å². The molecule has 33 heavy (non-hydrogen) atoms. The molecule has 174 valence electrons. The topological polar surface area (TPSA) is 145 Å². The molecule has 3 rings (SSSR count). The summed E-state index contributed by atoms with van der Waals surface area (Å²) in [5.74, 6) is -1.97. The number of aryl methyl sites for hydroxylation is 1. The zero-order chi connectivity index (χ0) is 24.5. The molecule has 2 heterocycles. The van der Waals surface area contributed by atoms with E-state index in [-0.39, 0.29) is 27.7 Å². The SMILES string of the molecule is Cc1ccc(C(C(=O)NC(C)(C)C)N(C(=O)c2snc(C(N)=O)c2N)c2ccc(F)cc2)o1. The van der Waals surface area contributed by atoms with Crippen molar-refractivity contribution in [1.82, 2.24) is 9.69 Å². The Labute approximate surface area is 193 Å². The average molecular weight is 474 g/mol. The highest BCUT2D eigenvalue weighted by Crippen LogP contribution is 2.34. The van der Waals surface area contributed by atoms with Gasteiger partial charge in [0.05, 0.1) is 5.69 Å². The van der Waals surface area contributed by atoms with Gasteiger partial charge in [-0.2, -0.15) is 4.37 Å². The molecule has 0 aliphatic heterocycles. The number of nitrogen functional groups attached to an aromatic ring is 1. The van der Waals surface area contributed by atoms with Crippen molar-refractivity contribution >= 4 is 40.6 Å². The molecule has 0 spiro atoms. The van der Waals surface area contributed by atoms with Crippen molar-refractivity contribution in [2.75, 3.05) is 10.6 Å². The highest BCUT2D eigenvalue weighted by Gasteiger charge is 2.38. The van der Waals surface area contributed by atoms with Crippen molar-refractivity contribution in [3.63, 3.8) is 0 Å². The Hall–Kier alpha value is -3.73. The molecule has 0 aliphatic rings. The van der Waals surface area contributed by atoms with E-state index in [0.29, 0.717) is 17.3 Å². The molecule has 5 N–H and O–H groups in total. The number of hydrogen-bond donors (Lipinski definition) is 3. The number of primary amides is 1. The Kier molecular flexibility index (Phi) is 6.54. The maximum Gasteiger partial charge on any atom is 0.273 e. The van der Waals surface area contributed by atoms with E-state index >= 15 is 0 Å². The van der Waals surface area contributed by atoms with Gasteiger partial charge < -0.3 is 21.2 Å². The van der Waals surface area contributed by atoms with Crippen LogP contribution in [-0.4, -0.2) is 27.6 Å². The first-order valence-electron chi connectivity index (χ1n) is 9.91. The van der Waals surface area contributed by atoms with Crippen LogP contribution in [0.15, 0.2) is 40.8 Å². The number of nitrogens with two attached hydrogens (primary N) is 2. The molecule has 0 fully saturated rings. The van der Waals surface area contributed by atoms with Crippen molar-refractivity contribution < 1.29 is 23.2 Å². The molecule has 1 atom stereocenters. The number of aromatic nitrogens is 1. The van der Waals surface area contributed by atoms with Crippen molar-refractivity contribution in [3.8, 4) is 0 Å². The maximum absolute atomic E-state index is 13.7. The first-order valence-corrected chi connectivity index (χ1v) is 10.7.